The van der Waals surface area contributed by atoms with E-state index in [9.17, 15) is 4.79 Å². The van der Waals surface area contributed by atoms with Gasteiger partial charge in [0.1, 0.15) is 0 Å². The fourth-order valence-electron chi connectivity index (χ4n) is 4.33. The number of Topliss-reactive ketones (excluding diaryl/α,β-unsaturated/α-hetero) is 1. The summed E-state index contributed by atoms with van der Waals surface area (Å²) in [6, 6.07) is 30.9. The molecule has 4 aromatic rings. The molecule has 0 saturated heterocycles. The van der Waals surface area contributed by atoms with E-state index in [1.54, 1.807) is 0 Å². The molecule has 2 fully saturated rings. The van der Waals surface area contributed by atoms with E-state index >= 15 is 0 Å². The third-order valence-electron chi connectivity index (χ3n) is 5.92. The van der Waals surface area contributed by atoms with E-state index in [1.807, 2.05) is 100 Å². The van der Waals surface area contributed by atoms with Gasteiger partial charge < -0.3 is 0 Å². The Morgan fingerprint density at radius 1 is 0.514 bits per heavy atom. The first-order valence-corrected chi connectivity index (χ1v) is 11.4. The zero-order valence-electron chi connectivity index (χ0n) is 19.1. The van der Waals surface area contributed by atoms with Crippen molar-refractivity contribution in [2.24, 2.45) is 0 Å². The monoisotopic (exact) mass is 492 g/mol. The molecule has 10 radical (unpaired) electrons. The summed E-state index contributed by atoms with van der Waals surface area (Å²) in [7, 11) is 0. The van der Waals surface area contributed by atoms with E-state index in [2.05, 4.69) is 48.5 Å². The van der Waals surface area contributed by atoms with Crippen LogP contribution in [0.25, 0.3) is 33.0 Å². The molecular formula is C33H24FeO+2. The Bertz CT molecular complexity index is 1230. The molecule has 168 valence electrons. The summed E-state index contributed by atoms with van der Waals surface area (Å²) in [5, 5.41) is 2.24. The number of hydrogen-bond donors (Lipinski definition) is 0. The molecular weight excluding hydrogens is 468 g/mol. The van der Waals surface area contributed by atoms with Gasteiger partial charge in [-0.05, 0) is 91.3 Å². The zero-order valence-corrected chi connectivity index (χ0v) is 20.2. The second-order valence-electron chi connectivity index (χ2n) is 8.09. The first-order valence-electron chi connectivity index (χ1n) is 11.4. The molecule has 1 nitrogen and oxygen atoms in total. The molecule has 0 bridgehead atoms. The van der Waals surface area contributed by atoms with Gasteiger partial charge in [0.25, 0.3) is 0 Å². The Balaban J connectivity index is 0.000000431. The van der Waals surface area contributed by atoms with Crippen LogP contribution in [-0.4, -0.2) is 5.78 Å². The first-order chi connectivity index (χ1) is 16.8. The molecule has 0 spiro atoms. The Labute approximate surface area is 220 Å². The minimum Gasteiger partial charge on any atom is -0.293 e. The van der Waals surface area contributed by atoms with Crippen LogP contribution in [-0.2, 0) is 17.1 Å². The molecule has 0 heterocycles. The van der Waals surface area contributed by atoms with Gasteiger partial charge >= 0.3 is 17.1 Å². The number of carbonyl (C=O) groups is 1. The van der Waals surface area contributed by atoms with Gasteiger partial charge in [-0.1, -0.05) is 84.9 Å². The standard InChI is InChI=1S/C28H19O.C5H5.Fe/c29-28(22-15-7-8-16-22)26-19-25(20-11-3-1-4-12-20)23-17-9-10-18-24(23)27(26)21-13-5-2-6-14-21;1-2-4-5-3-1;/h1-19H;1-5H;/q;;+2. The van der Waals surface area contributed by atoms with E-state index in [-0.39, 0.29) is 22.9 Å². The summed E-state index contributed by atoms with van der Waals surface area (Å²) in [6.07, 6.45) is 17.6. The van der Waals surface area contributed by atoms with E-state index in [0.29, 0.717) is 0 Å². The molecule has 4 aromatic carbocycles. The normalized spacial score (nSPS) is 15.3. The van der Waals surface area contributed by atoms with Crippen LogP contribution >= 0.6 is 0 Å². The maximum Gasteiger partial charge on any atom is 2.00 e. The van der Waals surface area contributed by atoms with Crippen LogP contribution in [0.3, 0.4) is 0 Å². The van der Waals surface area contributed by atoms with E-state index in [0.717, 1.165) is 44.5 Å². The molecule has 0 aliphatic heterocycles. The quantitative estimate of drug-likeness (QED) is 0.210. The van der Waals surface area contributed by atoms with Crippen LogP contribution in [0.4, 0.5) is 0 Å². The number of hydrogen-bond acceptors (Lipinski definition) is 1. The summed E-state index contributed by atoms with van der Waals surface area (Å²) in [5.74, 6) is 0.772. The maximum atomic E-state index is 13.5. The van der Waals surface area contributed by atoms with Gasteiger partial charge in [0, 0.05) is 11.1 Å². The molecule has 2 saturated carbocycles. The molecule has 2 heteroatoms. The van der Waals surface area contributed by atoms with Crippen LogP contribution < -0.4 is 0 Å². The van der Waals surface area contributed by atoms with E-state index in [4.69, 9.17) is 0 Å². The van der Waals surface area contributed by atoms with Crippen molar-refractivity contribution in [2.45, 2.75) is 0 Å². The van der Waals surface area contributed by atoms with Gasteiger partial charge in [-0.25, -0.2) is 0 Å². The molecule has 0 atom stereocenters. The third-order valence-corrected chi connectivity index (χ3v) is 5.92. The summed E-state index contributed by atoms with van der Waals surface area (Å²) < 4.78 is 0. The van der Waals surface area contributed by atoms with Crippen LogP contribution in [0.2, 0.25) is 0 Å². The number of rotatable bonds is 4. The molecule has 6 rings (SSSR count). The molecule has 0 aromatic heterocycles. The number of carbonyl (C=O) groups excluding carboxylic acids is 1. The van der Waals surface area contributed by atoms with Gasteiger partial charge in [-0.15, -0.1) is 0 Å². The molecule has 2 aliphatic rings. The predicted octanol–water partition coefficient (Wildman–Crippen LogP) is 7.78. The maximum absolute atomic E-state index is 13.5. The van der Waals surface area contributed by atoms with Crippen LogP contribution in [0.15, 0.2) is 91.0 Å². The molecule has 0 amide bonds. The van der Waals surface area contributed by atoms with E-state index < -0.39 is 0 Å². The molecule has 0 unspecified atom stereocenters. The molecule has 2 aliphatic carbocycles. The summed E-state index contributed by atoms with van der Waals surface area (Å²) in [4.78, 5) is 13.5. The Morgan fingerprint density at radius 2 is 1.00 bits per heavy atom. The Kier molecular flexibility index (Phi) is 8.96. The second kappa shape index (κ2) is 12.3. The van der Waals surface area contributed by atoms with Crippen molar-refractivity contribution >= 4 is 16.6 Å². The first kappa shape index (κ1) is 25.4. The zero-order chi connectivity index (χ0) is 23.2. The number of ketones is 1. The topological polar surface area (TPSA) is 17.1 Å². The average Bonchev–Trinajstić information content (AvgIpc) is 3.66. The summed E-state index contributed by atoms with van der Waals surface area (Å²) >= 11 is 0. The van der Waals surface area contributed by atoms with Crippen LogP contribution in [0, 0.1) is 63.7 Å². The van der Waals surface area contributed by atoms with Crippen molar-refractivity contribution in [3.63, 3.8) is 0 Å². The molecule has 35 heavy (non-hydrogen) atoms. The minimum atomic E-state index is 0. The Hall–Kier alpha value is -2.67. The minimum absolute atomic E-state index is 0. The van der Waals surface area contributed by atoms with Crippen molar-refractivity contribution in [1.82, 2.24) is 0 Å². The van der Waals surface area contributed by atoms with Gasteiger partial charge in [0.2, 0.25) is 0 Å². The number of benzene rings is 4. The SMILES string of the molecule is O=C([C]1[CH][CH][CH][CH]1)c1cc(-c2ccccc2)c2ccccc2c1-c1ccccc1.[CH]1[CH][CH][CH][CH]1.[Fe+2]. The largest absolute Gasteiger partial charge is 2.00 e. The van der Waals surface area contributed by atoms with Gasteiger partial charge in [-0.3, -0.25) is 4.79 Å². The fraction of sp³-hybridized carbons (Fsp3) is 0. The van der Waals surface area contributed by atoms with Crippen molar-refractivity contribution in [1.29, 1.82) is 0 Å². The van der Waals surface area contributed by atoms with Crippen molar-refractivity contribution in [3.8, 4) is 22.3 Å². The Morgan fingerprint density at radius 3 is 1.57 bits per heavy atom. The fourth-order valence-corrected chi connectivity index (χ4v) is 4.33. The summed E-state index contributed by atoms with van der Waals surface area (Å²) in [5.41, 5.74) is 4.97. The van der Waals surface area contributed by atoms with Crippen molar-refractivity contribution < 1.29 is 21.9 Å². The predicted molar refractivity (Wildman–Crippen MR) is 141 cm³/mol. The van der Waals surface area contributed by atoms with Crippen molar-refractivity contribution in [3.05, 3.63) is 160 Å². The van der Waals surface area contributed by atoms with E-state index in [1.165, 1.54) is 0 Å². The van der Waals surface area contributed by atoms with Crippen molar-refractivity contribution in [2.75, 3.05) is 0 Å². The average molecular weight is 492 g/mol. The third kappa shape index (κ3) is 5.77. The van der Waals surface area contributed by atoms with Crippen LogP contribution in [0.5, 0.6) is 0 Å². The van der Waals surface area contributed by atoms with Gasteiger partial charge in [0.15, 0.2) is 5.78 Å². The number of fused-ring (bicyclic) bond motifs is 1. The summed E-state index contributed by atoms with van der Waals surface area (Å²) in [6.45, 7) is 0. The second-order valence-corrected chi connectivity index (χ2v) is 8.09. The molecule has 0 N–H and O–H groups in total. The van der Waals surface area contributed by atoms with Crippen LogP contribution in [0.1, 0.15) is 10.4 Å². The smallest absolute Gasteiger partial charge is 0.293 e. The van der Waals surface area contributed by atoms with Gasteiger partial charge in [0.05, 0.1) is 5.92 Å². The van der Waals surface area contributed by atoms with Gasteiger partial charge in [-0.2, -0.15) is 0 Å².